The van der Waals surface area contributed by atoms with Crippen molar-refractivity contribution in [1.82, 2.24) is 9.97 Å². The van der Waals surface area contributed by atoms with Gasteiger partial charge in [0.2, 0.25) is 0 Å². The molecule has 0 radical (unpaired) electrons. The summed E-state index contributed by atoms with van der Waals surface area (Å²) < 4.78 is 28.8. The number of pyridine rings is 2. The van der Waals surface area contributed by atoms with Crippen LogP contribution >= 0.6 is 11.6 Å². The van der Waals surface area contributed by atoms with Crippen molar-refractivity contribution in [2.75, 3.05) is 29.3 Å². The second-order valence-corrected chi connectivity index (χ2v) is 10.0. The largest absolute Gasteiger partial charge is 0.396 e. The number of nitrogens with zero attached hydrogens (tertiary/aromatic N) is 3. The molecular formula is C24H27ClN4O3S. The fourth-order valence-electron chi connectivity index (χ4n) is 3.97. The Morgan fingerprint density at radius 3 is 2.70 bits per heavy atom. The van der Waals surface area contributed by atoms with Crippen molar-refractivity contribution in [3.8, 4) is 11.3 Å². The molecule has 0 spiro atoms. The summed E-state index contributed by atoms with van der Waals surface area (Å²) in [6.45, 7) is 1.40. The first-order valence-corrected chi connectivity index (χ1v) is 12.9. The summed E-state index contributed by atoms with van der Waals surface area (Å²) in [5, 5.41) is 9.68. The Morgan fingerprint density at radius 1 is 1.00 bits per heavy atom. The van der Waals surface area contributed by atoms with Gasteiger partial charge in [-0.3, -0.25) is 4.72 Å². The van der Waals surface area contributed by atoms with Gasteiger partial charge in [0.1, 0.15) is 11.6 Å². The van der Waals surface area contributed by atoms with Crippen LogP contribution in [0.25, 0.3) is 11.3 Å². The summed E-state index contributed by atoms with van der Waals surface area (Å²) in [5.74, 6) is 0.758. The number of sulfonamides is 1. The molecule has 0 unspecified atom stereocenters. The second kappa shape index (κ2) is 10.5. The number of benzene rings is 1. The Morgan fingerprint density at radius 2 is 1.85 bits per heavy atom. The number of aromatic nitrogens is 2. The molecule has 1 aliphatic heterocycles. The van der Waals surface area contributed by atoms with Crippen LogP contribution in [-0.4, -0.2) is 43.2 Å². The van der Waals surface area contributed by atoms with Crippen molar-refractivity contribution in [3.63, 3.8) is 0 Å². The van der Waals surface area contributed by atoms with Gasteiger partial charge in [-0.15, -0.1) is 0 Å². The number of halogens is 1. The summed E-state index contributed by atoms with van der Waals surface area (Å²) in [5.41, 5.74) is 2.58. The van der Waals surface area contributed by atoms with E-state index in [4.69, 9.17) is 11.6 Å². The van der Waals surface area contributed by atoms with E-state index in [0.717, 1.165) is 43.4 Å². The first-order valence-electron chi connectivity index (χ1n) is 11.1. The number of aliphatic hydroxyl groups excluding tert-OH is 1. The lowest BCUT2D eigenvalue weighted by Gasteiger charge is -2.24. The van der Waals surface area contributed by atoms with Crippen molar-refractivity contribution in [2.24, 2.45) is 0 Å². The van der Waals surface area contributed by atoms with Crippen molar-refractivity contribution < 1.29 is 13.5 Å². The molecule has 0 saturated heterocycles. The van der Waals surface area contributed by atoms with E-state index in [1.54, 1.807) is 24.3 Å². The number of nitrogens with one attached hydrogen (secondary N) is 1. The van der Waals surface area contributed by atoms with Gasteiger partial charge in [-0.25, -0.2) is 9.97 Å². The fourth-order valence-corrected chi connectivity index (χ4v) is 5.15. The van der Waals surface area contributed by atoms with Gasteiger partial charge >= 0.3 is 0 Å². The molecule has 2 aromatic heterocycles. The summed E-state index contributed by atoms with van der Waals surface area (Å²) >= 11 is 6.46. The van der Waals surface area contributed by atoms with Gasteiger partial charge < -0.3 is 10.0 Å². The molecule has 0 amide bonds. The molecule has 1 aromatic carbocycles. The maximum absolute atomic E-state index is 13.1. The molecule has 1 aliphatic rings. The number of aryl methyl sites for hydroxylation is 1. The van der Waals surface area contributed by atoms with Crippen LogP contribution in [0.1, 0.15) is 31.2 Å². The maximum Gasteiger partial charge on any atom is 0.280 e. The zero-order valence-electron chi connectivity index (χ0n) is 18.2. The topological polar surface area (TPSA) is 95.4 Å². The van der Waals surface area contributed by atoms with Crippen LogP contribution < -0.4 is 9.62 Å². The smallest absolute Gasteiger partial charge is 0.280 e. The van der Waals surface area contributed by atoms with Crippen LogP contribution in [0.3, 0.4) is 0 Å². The predicted molar refractivity (Wildman–Crippen MR) is 131 cm³/mol. The predicted octanol–water partition coefficient (Wildman–Crippen LogP) is 4.51. The van der Waals surface area contributed by atoms with Crippen LogP contribution in [0, 0.1) is 0 Å². The third-order valence-corrected chi connectivity index (χ3v) is 7.19. The third-order valence-electron chi connectivity index (χ3n) is 5.63. The molecular weight excluding hydrogens is 460 g/mol. The minimum absolute atomic E-state index is 0.0669. The van der Waals surface area contributed by atoms with Crippen molar-refractivity contribution in [3.05, 3.63) is 65.2 Å². The minimum atomic E-state index is -3.96. The van der Waals surface area contributed by atoms with Crippen molar-refractivity contribution in [1.29, 1.82) is 0 Å². The number of hydrogen-bond acceptors (Lipinski definition) is 6. The van der Waals surface area contributed by atoms with Gasteiger partial charge in [0, 0.05) is 25.3 Å². The first kappa shape index (κ1) is 23.5. The molecule has 7 nitrogen and oxygen atoms in total. The molecule has 2 N–H and O–H groups in total. The van der Waals surface area contributed by atoms with E-state index in [0.29, 0.717) is 29.5 Å². The molecule has 0 saturated carbocycles. The quantitative estimate of drug-likeness (QED) is 0.565. The summed E-state index contributed by atoms with van der Waals surface area (Å²) in [6.07, 6.45) is 4.39. The zero-order chi connectivity index (χ0) is 23.3. The molecule has 4 rings (SSSR count). The van der Waals surface area contributed by atoms with Gasteiger partial charge in [0.15, 0.2) is 5.03 Å². The van der Waals surface area contributed by atoms with Crippen LogP contribution in [0.4, 0.5) is 11.6 Å². The standard InChI is InChI=1S/C24H27ClN4O3S/c25-20-13-14-21-26-24(20)19-10-4-3-9-18(19)8-2-1-5-15-29(16-7-17-30)22-11-6-12-23(27-22)33(31,32)28-21/h3-4,6,9-14,30H,1-2,5,7-8,15-17H2,(H,26,28). The van der Waals surface area contributed by atoms with E-state index in [2.05, 4.69) is 20.8 Å². The van der Waals surface area contributed by atoms with Crippen molar-refractivity contribution in [2.45, 2.75) is 37.1 Å². The number of anilines is 2. The van der Waals surface area contributed by atoms with E-state index >= 15 is 0 Å². The Bertz CT molecular complexity index is 1220. The van der Waals surface area contributed by atoms with Crippen LogP contribution in [0.2, 0.25) is 5.02 Å². The maximum atomic E-state index is 13.1. The molecule has 3 aromatic rings. The summed E-state index contributed by atoms with van der Waals surface area (Å²) in [4.78, 5) is 11.0. The van der Waals surface area contributed by atoms with E-state index < -0.39 is 10.0 Å². The van der Waals surface area contributed by atoms with Gasteiger partial charge in [-0.2, -0.15) is 8.42 Å². The summed E-state index contributed by atoms with van der Waals surface area (Å²) in [7, 11) is -3.96. The fraction of sp³-hybridized carbons (Fsp3) is 0.333. The van der Waals surface area contributed by atoms with E-state index in [9.17, 15) is 13.5 Å². The Labute approximate surface area is 199 Å². The minimum Gasteiger partial charge on any atom is -0.396 e. The highest BCUT2D eigenvalue weighted by atomic mass is 35.5. The molecule has 3 heterocycles. The molecule has 4 bridgehead atoms. The highest BCUT2D eigenvalue weighted by Gasteiger charge is 2.20. The highest BCUT2D eigenvalue weighted by Crippen LogP contribution is 2.31. The van der Waals surface area contributed by atoms with Gasteiger partial charge in [-0.05, 0) is 55.5 Å². The lowest BCUT2D eigenvalue weighted by Crippen LogP contribution is -2.28. The average molecular weight is 487 g/mol. The van der Waals surface area contributed by atoms with E-state index in [1.165, 1.54) is 6.07 Å². The molecule has 174 valence electrons. The number of hydrogen-bond donors (Lipinski definition) is 2. The molecule has 0 fully saturated rings. The average Bonchev–Trinajstić information content (AvgIpc) is 2.82. The Kier molecular flexibility index (Phi) is 7.47. The summed E-state index contributed by atoms with van der Waals surface area (Å²) in [6, 6.07) is 16.1. The number of rotatable bonds is 3. The van der Waals surface area contributed by atoms with Gasteiger partial charge in [-0.1, -0.05) is 48.4 Å². The molecule has 0 aliphatic carbocycles. The van der Waals surface area contributed by atoms with Crippen LogP contribution in [0.15, 0.2) is 59.6 Å². The zero-order valence-corrected chi connectivity index (χ0v) is 19.8. The SMILES string of the molecule is O=S1(=O)Nc2ccc(Cl)c(n2)-c2ccccc2CCCCCN(CCCO)c2cccc1n2. The van der Waals surface area contributed by atoms with E-state index in [-0.39, 0.29) is 17.5 Å². The third kappa shape index (κ3) is 5.63. The second-order valence-electron chi connectivity index (χ2n) is 8.00. The molecule has 0 atom stereocenters. The lowest BCUT2D eigenvalue weighted by molar-refractivity contribution is 0.289. The number of aliphatic hydroxyl groups is 1. The van der Waals surface area contributed by atoms with Gasteiger partial charge in [0.25, 0.3) is 10.0 Å². The Hall–Kier alpha value is -2.68. The van der Waals surface area contributed by atoms with Crippen LogP contribution in [-0.2, 0) is 16.4 Å². The lowest BCUT2D eigenvalue weighted by atomic mass is 9.98. The molecule has 33 heavy (non-hydrogen) atoms. The van der Waals surface area contributed by atoms with E-state index in [1.807, 2.05) is 23.1 Å². The Balaban J connectivity index is 1.77. The highest BCUT2D eigenvalue weighted by molar-refractivity contribution is 7.92. The van der Waals surface area contributed by atoms with Crippen molar-refractivity contribution >= 4 is 33.3 Å². The van der Waals surface area contributed by atoms with Gasteiger partial charge in [0.05, 0.1) is 10.7 Å². The first-order chi connectivity index (χ1) is 16.0. The normalized spacial score (nSPS) is 16.0. The van der Waals surface area contributed by atoms with Crippen LogP contribution in [0.5, 0.6) is 0 Å². The number of fused-ring (bicyclic) bond motifs is 6. The monoisotopic (exact) mass is 486 g/mol. The molecule has 9 heteroatoms.